The van der Waals surface area contributed by atoms with Gasteiger partial charge in [0, 0.05) is 81.0 Å². The molecule has 3 heterocycles. The third kappa shape index (κ3) is 6.49. The lowest BCUT2D eigenvalue weighted by Crippen LogP contribution is -2.63. The number of amides is 2. The quantitative estimate of drug-likeness (QED) is 0.157. The average Bonchev–Trinajstić information content (AvgIpc) is 3.62. The van der Waals surface area contributed by atoms with Crippen LogP contribution < -0.4 is 4.90 Å². The van der Waals surface area contributed by atoms with E-state index in [2.05, 4.69) is 16.8 Å². The van der Waals surface area contributed by atoms with Crippen LogP contribution in [0.5, 0.6) is 0 Å². The summed E-state index contributed by atoms with van der Waals surface area (Å²) >= 11 is 20.7. The van der Waals surface area contributed by atoms with Crippen molar-refractivity contribution in [2.75, 3.05) is 50.8 Å². The number of ether oxygens (including phenoxy) is 1. The van der Waals surface area contributed by atoms with Gasteiger partial charge < -0.3 is 14.6 Å². The molecule has 2 saturated heterocycles. The molecule has 4 aromatic rings. The molecule has 0 spiro atoms. The number of morpholine rings is 1. The molecule has 3 atom stereocenters. The van der Waals surface area contributed by atoms with E-state index in [1.54, 1.807) is 12.1 Å². The molecular formula is C38H43Cl3N4O3S. The maximum absolute atomic E-state index is 15.9. The number of hydrogen-bond acceptors (Lipinski definition) is 5. The van der Waals surface area contributed by atoms with Gasteiger partial charge >= 0.3 is 0 Å². The van der Waals surface area contributed by atoms with Crippen LogP contribution in [0.2, 0.25) is 15.1 Å². The number of anilines is 1. The molecule has 2 amide bonds. The van der Waals surface area contributed by atoms with Gasteiger partial charge in [0.1, 0.15) is 4.75 Å². The first-order valence-corrected chi connectivity index (χ1v) is 19.1. The number of thioether (sulfide) groups is 1. The summed E-state index contributed by atoms with van der Waals surface area (Å²) < 4.78 is 4.28. The van der Waals surface area contributed by atoms with Crippen LogP contribution in [0, 0.1) is 5.92 Å². The van der Waals surface area contributed by atoms with E-state index in [0.29, 0.717) is 46.7 Å². The van der Waals surface area contributed by atoms with Crippen molar-refractivity contribution in [2.45, 2.75) is 55.2 Å². The number of fused-ring (bicyclic) bond motifs is 1. The first-order chi connectivity index (χ1) is 23.7. The molecule has 1 aromatic heterocycles. The highest BCUT2D eigenvalue weighted by Gasteiger charge is 2.73. The van der Waals surface area contributed by atoms with E-state index in [1.165, 1.54) is 11.8 Å². The van der Waals surface area contributed by atoms with E-state index in [0.717, 1.165) is 60.6 Å². The Morgan fingerprint density at radius 2 is 1.61 bits per heavy atom. The van der Waals surface area contributed by atoms with Crippen LogP contribution in [0.1, 0.15) is 45.6 Å². The highest BCUT2D eigenvalue weighted by molar-refractivity contribution is 8.01. The molecule has 7 nitrogen and oxygen atoms in total. The minimum Gasteiger partial charge on any atom is -0.379 e. The first-order valence-electron chi connectivity index (χ1n) is 17.1. The van der Waals surface area contributed by atoms with E-state index in [-0.39, 0.29) is 11.8 Å². The van der Waals surface area contributed by atoms with Crippen LogP contribution in [0.15, 0.2) is 77.8 Å². The Morgan fingerprint density at radius 1 is 0.959 bits per heavy atom. The van der Waals surface area contributed by atoms with Gasteiger partial charge in [-0.2, -0.15) is 0 Å². The number of nitrogens with zero attached hydrogens (tertiary/aromatic N) is 3. The number of benzene rings is 3. The zero-order valence-electron chi connectivity index (χ0n) is 28.2. The molecule has 1 N–H and O–H groups in total. The number of carbonyl (C=O) groups is 2. The lowest BCUT2D eigenvalue weighted by molar-refractivity contribution is -0.138. The number of aromatic nitrogens is 1. The Labute approximate surface area is 308 Å². The number of aromatic amines is 1. The van der Waals surface area contributed by atoms with Gasteiger partial charge in [0.05, 0.1) is 24.7 Å². The standard InChI is InChI=1S/C38H43Cl3N4O3S/c1-4-32-35(46)45(29-13-8-26(39)9-14-29)37(5-2,33-25-42-34-24-28(41)12-17-31(33)34)38(32,49-30-15-10-27(40)11-16-30)36(47)44(6-3)19-7-18-43-20-22-48-23-21-43/h8-17,24-25,32,42H,4-7,18-23H2,1-3H3/t32?,37-,38+/m1/s1. The summed E-state index contributed by atoms with van der Waals surface area (Å²) in [7, 11) is 0. The van der Waals surface area contributed by atoms with Gasteiger partial charge in [-0.3, -0.25) is 19.4 Å². The van der Waals surface area contributed by atoms with E-state index < -0.39 is 16.2 Å². The first kappa shape index (κ1) is 36.1. The van der Waals surface area contributed by atoms with Crippen LogP contribution in [0.25, 0.3) is 10.9 Å². The van der Waals surface area contributed by atoms with Crippen molar-refractivity contribution in [1.29, 1.82) is 0 Å². The number of nitrogens with one attached hydrogen (secondary N) is 1. The third-order valence-corrected chi connectivity index (χ3v) is 12.6. The molecule has 2 fully saturated rings. The fraction of sp³-hybridized carbons (Fsp3) is 0.421. The summed E-state index contributed by atoms with van der Waals surface area (Å²) in [6.45, 7) is 11.3. The molecule has 0 saturated carbocycles. The zero-order valence-corrected chi connectivity index (χ0v) is 31.3. The van der Waals surface area contributed by atoms with Crippen LogP contribution in [-0.2, 0) is 19.9 Å². The van der Waals surface area contributed by atoms with Gasteiger partial charge in [-0.25, -0.2) is 0 Å². The van der Waals surface area contributed by atoms with Gasteiger partial charge in [0.25, 0.3) is 0 Å². The molecule has 0 bridgehead atoms. The maximum Gasteiger partial charge on any atom is 0.242 e. The summed E-state index contributed by atoms with van der Waals surface area (Å²) in [6, 6.07) is 20.7. The Balaban J connectivity index is 1.59. The summed E-state index contributed by atoms with van der Waals surface area (Å²) in [6.07, 6.45) is 3.72. The van der Waals surface area contributed by atoms with Crippen LogP contribution in [0.3, 0.4) is 0 Å². The number of halogens is 3. The van der Waals surface area contributed by atoms with Crippen molar-refractivity contribution in [2.24, 2.45) is 5.92 Å². The Kier molecular flexibility index (Phi) is 11.2. The molecule has 1 unspecified atom stereocenters. The van der Waals surface area contributed by atoms with Gasteiger partial charge in [-0.1, -0.05) is 54.7 Å². The maximum atomic E-state index is 15.9. The van der Waals surface area contributed by atoms with Crippen molar-refractivity contribution in [1.82, 2.24) is 14.8 Å². The Bertz CT molecular complexity index is 1780. The number of carbonyl (C=O) groups excluding carboxylic acids is 2. The Morgan fingerprint density at radius 3 is 2.24 bits per heavy atom. The summed E-state index contributed by atoms with van der Waals surface area (Å²) in [5.74, 6) is -0.783. The fourth-order valence-corrected chi connectivity index (χ4v) is 10.1. The molecule has 2 aliphatic rings. The van der Waals surface area contributed by atoms with E-state index >= 15 is 9.59 Å². The van der Waals surface area contributed by atoms with Crippen LogP contribution >= 0.6 is 46.6 Å². The molecular weight excluding hydrogens is 699 g/mol. The predicted molar refractivity (Wildman–Crippen MR) is 202 cm³/mol. The molecule has 3 aromatic carbocycles. The second kappa shape index (κ2) is 15.3. The fourth-order valence-electron chi connectivity index (χ4n) is 7.91. The lowest BCUT2D eigenvalue weighted by Gasteiger charge is -2.50. The molecule has 0 radical (unpaired) electrons. The molecule has 2 aliphatic heterocycles. The molecule has 0 aliphatic carbocycles. The monoisotopic (exact) mass is 740 g/mol. The molecule has 11 heteroatoms. The average molecular weight is 742 g/mol. The second-order valence-corrected chi connectivity index (χ2v) is 15.3. The third-order valence-electron chi connectivity index (χ3n) is 10.2. The normalized spacial score (nSPS) is 23.0. The minimum atomic E-state index is -1.27. The number of hydrogen-bond donors (Lipinski definition) is 1. The molecule has 260 valence electrons. The largest absolute Gasteiger partial charge is 0.379 e. The minimum absolute atomic E-state index is 0.0428. The van der Waals surface area contributed by atoms with Crippen molar-refractivity contribution in [3.63, 3.8) is 0 Å². The lowest BCUT2D eigenvalue weighted by atomic mass is 9.70. The van der Waals surface area contributed by atoms with Gasteiger partial charge in [-0.05, 0) is 86.8 Å². The molecule has 49 heavy (non-hydrogen) atoms. The summed E-state index contributed by atoms with van der Waals surface area (Å²) in [5, 5.41) is 2.70. The van der Waals surface area contributed by atoms with Crippen molar-refractivity contribution in [3.8, 4) is 0 Å². The van der Waals surface area contributed by atoms with Crippen LogP contribution in [-0.4, -0.2) is 77.3 Å². The van der Waals surface area contributed by atoms with Crippen molar-refractivity contribution in [3.05, 3.63) is 93.6 Å². The van der Waals surface area contributed by atoms with Crippen molar-refractivity contribution >= 4 is 75.0 Å². The molecule has 6 rings (SSSR count). The summed E-state index contributed by atoms with van der Waals surface area (Å²) in [4.78, 5) is 41.7. The van der Waals surface area contributed by atoms with Gasteiger partial charge in [0.2, 0.25) is 11.8 Å². The summed E-state index contributed by atoms with van der Waals surface area (Å²) in [5.41, 5.74) is 1.29. The SMILES string of the molecule is CCC1C(=O)N(c2ccc(Cl)cc2)[C@](CC)(c2c[nH]c3cc(Cl)ccc23)[C@@]1(Sc1ccc(Cl)cc1)C(=O)N(CC)CCCN1CCOCC1. The Hall–Kier alpha value is -2.72. The zero-order chi connectivity index (χ0) is 34.8. The van der Waals surface area contributed by atoms with Gasteiger partial charge in [-0.15, -0.1) is 11.8 Å². The second-order valence-electron chi connectivity index (χ2n) is 12.7. The van der Waals surface area contributed by atoms with E-state index in [1.807, 2.05) is 84.4 Å². The highest BCUT2D eigenvalue weighted by atomic mass is 35.5. The number of rotatable bonds is 12. The topological polar surface area (TPSA) is 68.9 Å². The van der Waals surface area contributed by atoms with Crippen molar-refractivity contribution < 1.29 is 14.3 Å². The predicted octanol–water partition coefficient (Wildman–Crippen LogP) is 8.91. The highest BCUT2D eigenvalue weighted by Crippen LogP contribution is 2.63. The number of H-pyrrole nitrogens is 1. The van der Waals surface area contributed by atoms with E-state index in [4.69, 9.17) is 39.5 Å². The van der Waals surface area contributed by atoms with E-state index in [9.17, 15) is 0 Å². The van der Waals surface area contributed by atoms with Gasteiger partial charge in [0.15, 0.2) is 0 Å². The van der Waals surface area contributed by atoms with Crippen LogP contribution in [0.4, 0.5) is 5.69 Å². The smallest absolute Gasteiger partial charge is 0.242 e.